The largest absolute Gasteiger partial charge is 0.399 e. The molecule has 1 nitrogen and oxygen atoms in total. The standard InChI is InChI=1S/C27H39N/c1-3-4-5-6-7-8-22-9-14-25(15-10-22)26-16-11-23(12-17-26)20-24-13-18-27(28)21(2)19-24/h11-13,16-19,22,25H,3-10,14-15,20,28H2,1-2H3. The maximum atomic E-state index is 5.94. The first-order valence-corrected chi connectivity index (χ1v) is 11.6. The van der Waals surface area contributed by atoms with Crippen LogP contribution in [-0.4, -0.2) is 0 Å². The fraction of sp³-hybridized carbons (Fsp3) is 0.556. The maximum Gasteiger partial charge on any atom is 0.0343 e. The summed E-state index contributed by atoms with van der Waals surface area (Å²) in [4.78, 5) is 0. The van der Waals surface area contributed by atoms with Crippen molar-refractivity contribution in [2.45, 2.75) is 90.4 Å². The summed E-state index contributed by atoms with van der Waals surface area (Å²) in [6.07, 6.45) is 15.2. The van der Waals surface area contributed by atoms with E-state index in [0.717, 1.165) is 23.9 Å². The summed E-state index contributed by atoms with van der Waals surface area (Å²) in [5.74, 6) is 1.77. The molecule has 0 heterocycles. The van der Waals surface area contributed by atoms with Gasteiger partial charge in [-0.2, -0.15) is 0 Å². The minimum absolute atomic E-state index is 0.782. The molecule has 1 fully saturated rings. The molecule has 2 N–H and O–H groups in total. The maximum absolute atomic E-state index is 5.94. The highest BCUT2D eigenvalue weighted by Crippen LogP contribution is 2.38. The number of hydrogen-bond donors (Lipinski definition) is 1. The van der Waals surface area contributed by atoms with E-state index in [1.807, 2.05) is 6.07 Å². The minimum atomic E-state index is 0.782. The lowest BCUT2D eigenvalue weighted by Crippen LogP contribution is -2.13. The molecular formula is C27H39N. The Labute approximate surface area is 172 Å². The van der Waals surface area contributed by atoms with Gasteiger partial charge in [-0.3, -0.25) is 0 Å². The monoisotopic (exact) mass is 377 g/mol. The number of anilines is 1. The van der Waals surface area contributed by atoms with Gasteiger partial charge in [0.2, 0.25) is 0 Å². The molecule has 0 spiro atoms. The Hall–Kier alpha value is -1.76. The van der Waals surface area contributed by atoms with Gasteiger partial charge in [0.25, 0.3) is 0 Å². The molecule has 1 aliphatic carbocycles. The van der Waals surface area contributed by atoms with Crippen LogP contribution in [0.15, 0.2) is 42.5 Å². The second-order valence-electron chi connectivity index (χ2n) is 9.03. The van der Waals surface area contributed by atoms with E-state index >= 15 is 0 Å². The van der Waals surface area contributed by atoms with Crippen molar-refractivity contribution in [2.24, 2.45) is 5.92 Å². The topological polar surface area (TPSA) is 26.0 Å². The van der Waals surface area contributed by atoms with Gasteiger partial charge in [0.05, 0.1) is 0 Å². The number of nitrogen functional groups attached to an aromatic ring is 1. The molecule has 1 saturated carbocycles. The van der Waals surface area contributed by atoms with Crippen LogP contribution in [0.25, 0.3) is 0 Å². The molecule has 2 aromatic rings. The van der Waals surface area contributed by atoms with E-state index in [2.05, 4.69) is 50.2 Å². The number of aryl methyl sites for hydroxylation is 1. The third-order valence-corrected chi connectivity index (χ3v) is 6.76. The van der Waals surface area contributed by atoms with Crippen molar-refractivity contribution in [3.8, 4) is 0 Å². The molecule has 1 heteroatoms. The van der Waals surface area contributed by atoms with Crippen molar-refractivity contribution in [2.75, 3.05) is 5.73 Å². The lowest BCUT2D eigenvalue weighted by atomic mass is 9.77. The van der Waals surface area contributed by atoms with Gasteiger partial charge in [0, 0.05) is 5.69 Å². The Kier molecular flexibility index (Phi) is 8.01. The van der Waals surface area contributed by atoms with E-state index < -0.39 is 0 Å². The summed E-state index contributed by atoms with van der Waals surface area (Å²) in [5.41, 5.74) is 12.3. The highest BCUT2D eigenvalue weighted by molar-refractivity contribution is 5.48. The third-order valence-electron chi connectivity index (χ3n) is 6.76. The van der Waals surface area contributed by atoms with Crippen molar-refractivity contribution in [1.82, 2.24) is 0 Å². The molecule has 28 heavy (non-hydrogen) atoms. The van der Waals surface area contributed by atoms with E-state index in [0.29, 0.717) is 0 Å². The highest BCUT2D eigenvalue weighted by Gasteiger charge is 2.22. The molecule has 0 aliphatic heterocycles. The Balaban J connectivity index is 1.45. The van der Waals surface area contributed by atoms with Crippen LogP contribution in [0.3, 0.4) is 0 Å². The van der Waals surface area contributed by atoms with Gasteiger partial charge in [0.15, 0.2) is 0 Å². The first kappa shape index (κ1) is 21.0. The Morgan fingerprint density at radius 1 is 0.821 bits per heavy atom. The van der Waals surface area contributed by atoms with Gasteiger partial charge in [-0.1, -0.05) is 81.8 Å². The molecule has 0 amide bonds. The molecule has 0 radical (unpaired) electrons. The molecule has 152 valence electrons. The quantitative estimate of drug-likeness (QED) is 0.350. The Morgan fingerprint density at radius 2 is 1.50 bits per heavy atom. The molecule has 0 aromatic heterocycles. The predicted octanol–water partition coefficient (Wildman–Crippen LogP) is 7.80. The van der Waals surface area contributed by atoms with Crippen molar-refractivity contribution in [1.29, 1.82) is 0 Å². The van der Waals surface area contributed by atoms with Gasteiger partial charge in [-0.25, -0.2) is 0 Å². The van der Waals surface area contributed by atoms with E-state index in [9.17, 15) is 0 Å². The van der Waals surface area contributed by atoms with Crippen LogP contribution in [0.5, 0.6) is 0 Å². The third kappa shape index (κ3) is 6.12. The smallest absolute Gasteiger partial charge is 0.0343 e. The van der Waals surface area contributed by atoms with Crippen molar-refractivity contribution in [3.05, 3.63) is 64.7 Å². The lowest BCUT2D eigenvalue weighted by molar-refractivity contribution is 0.302. The summed E-state index contributed by atoms with van der Waals surface area (Å²) in [7, 11) is 0. The van der Waals surface area contributed by atoms with Crippen LogP contribution in [-0.2, 0) is 6.42 Å². The molecule has 1 aliphatic rings. The van der Waals surface area contributed by atoms with Crippen LogP contribution in [0.4, 0.5) is 5.69 Å². The van der Waals surface area contributed by atoms with E-state index in [1.54, 1.807) is 5.56 Å². The number of unbranched alkanes of at least 4 members (excludes halogenated alkanes) is 4. The van der Waals surface area contributed by atoms with Crippen LogP contribution in [0, 0.1) is 12.8 Å². The predicted molar refractivity (Wildman–Crippen MR) is 123 cm³/mol. The average Bonchev–Trinajstić information content (AvgIpc) is 2.72. The summed E-state index contributed by atoms with van der Waals surface area (Å²) < 4.78 is 0. The number of benzene rings is 2. The lowest BCUT2D eigenvalue weighted by Gasteiger charge is -2.29. The Bertz CT molecular complexity index is 708. The first-order valence-electron chi connectivity index (χ1n) is 11.6. The molecule has 3 rings (SSSR count). The van der Waals surface area contributed by atoms with Crippen LogP contribution in [0.1, 0.15) is 99.3 Å². The SMILES string of the molecule is CCCCCCCC1CCC(c2ccc(Cc3ccc(N)c(C)c3)cc2)CC1. The molecule has 0 bridgehead atoms. The molecule has 0 saturated heterocycles. The van der Waals surface area contributed by atoms with E-state index in [4.69, 9.17) is 5.73 Å². The summed E-state index contributed by atoms with van der Waals surface area (Å²) in [5, 5.41) is 0. The summed E-state index contributed by atoms with van der Waals surface area (Å²) in [6, 6.07) is 15.8. The van der Waals surface area contributed by atoms with Gasteiger partial charge in [-0.15, -0.1) is 0 Å². The van der Waals surface area contributed by atoms with Crippen LogP contribution >= 0.6 is 0 Å². The first-order chi connectivity index (χ1) is 13.7. The summed E-state index contributed by atoms with van der Waals surface area (Å²) in [6.45, 7) is 4.39. The molecule has 0 unspecified atom stereocenters. The zero-order chi connectivity index (χ0) is 19.8. The van der Waals surface area contributed by atoms with Crippen molar-refractivity contribution in [3.63, 3.8) is 0 Å². The van der Waals surface area contributed by atoms with Gasteiger partial charge in [-0.05, 0) is 79.2 Å². The van der Waals surface area contributed by atoms with Gasteiger partial charge in [0.1, 0.15) is 0 Å². The second kappa shape index (κ2) is 10.7. The van der Waals surface area contributed by atoms with Crippen LogP contribution < -0.4 is 5.73 Å². The zero-order valence-electron chi connectivity index (χ0n) is 18.1. The van der Waals surface area contributed by atoms with Crippen LogP contribution in [0.2, 0.25) is 0 Å². The fourth-order valence-electron chi connectivity index (χ4n) is 4.81. The number of rotatable bonds is 9. The Morgan fingerprint density at radius 3 is 2.18 bits per heavy atom. The highest BCUT2D eigenvalue weighted by atomic mass is 14.5. The molecule has 2 aromatic carbocycles. The fourth-order valence-corrected chi connectivity index (χ4v) is 4.81. The van der Waals surface area contributed by atoms with Crippen molar-refractivity contribution < 1.29 is 0 Å². The van der Waals surface area contributed by atoms with E-state index in [-0.39, 0.29) is 0 Å². The number of nitrogens with two attached hydrogens (primary N) is 1. The normalized spacial score (nSPS) is 19.6. The second-order valence-corrected chi connectivity index (χ2v) is 9.03. The summed E-state index contributed by atoms with van der Waals surface area (Å²) >= 11 is 0. The minimum Gasteiger partial charge on any atom is -0.399 e. The van der Waals surface area contributed by atoms with E-state index in [1.165, 1.54) is 80.9 Å². The average molecular weight is 378 g/mol. The van der Waals surface area contributed by atoms with Gasteiger partial charge >= 0.3 is 0 Å². The molecule has 0 atom stereocenters. The van der Waals surface area contributed by atoms with Gasteiger partial charge < -0.3 is 5.73 Å². The number of hydrogen-bond acceptors (Lipinski definition) is 1. The van der Waals surface area contributed by atoms with Crippen molar-refractivity contribution >= 4 is 5.69 Å². The zero-order valence-corrected chi connectivity index (χ0v) is 18.1. The molecular weight excluding hydrogens is 338 g/mol.